The van der Waals surface area contributed by atoms with E-state index in [0.717, 1.165) is 15.4 Å². The molecule has 0 spiro atoms. The minimum Gasteiger partial charge on any atom is -0.454 e. The number of imide groups is 1. The molecule has 1 aliphatic heterocycles. The van der Waals surface area contributed by atoms with Crippen molar-refractivity contribution < 1.29 is 38.4 Å². The SMILES string of the molecule is O=C(COC(=O)c1cccc(N2C(=O)c3cccc([N+](=O)[O-])c3C2=O)c1)c1ccc(OC(=O)c2ccc(Br)cc2)cc1. The van der Waals surface area contributed by atoms with Crippen molar-refractivity contribution in [3.05, 3.63) is 133 Å². The van der Waals surface area contributed by atoms with Crippen molar-refractivity contribution in [2.24, 2.45) is 0 Å². The minimum absolute atomic E-state index is 0.00421. The average Bonchev–Trinajstić information content (AvgIpc) is 3.25. The van der Waals surface area contributed by atoms with Crippen molar-refractivity contribution >= 4 is 56.8 Å². The first kappa shape index (κ1) is 28.1. The first-order chi connectivity index (χ1) is 20.1. The minimum atomic E-state index is -0.896. The Labute approximate surface area is 245 Å². The predicted octanol–water partition coefficient (Wildman–Crippen LogP) is 5.42. The van der Waals surface area contributed by atoms with Crippen molar-refractivity contribution in [2.45, 2.75) is 0 Å². The summed E-state index contributed by atoms with van der Waals surface area (Å²) in [6.45, 7) is -0.611. The van der Waals surface area contributed by atoms with E-state index in [2.05, 4.69) is 15.9 Å². The number of carbonyl (C=O) groups is 5. The first-order valence-electron chi connectivity index (χ1n) is 12.2. The van der Waals surface area contributed by atoms with Crippen LogP contribution in [0.4, 0.5) is 11.4 Å². The summed E-state index contributed by atoms with van der Waals surface area (Å²) < 4.78 is 11.2. The zero-order chi connectivity index (χ0) is 30.0. The standard InChI is InChI=1S/C30H17BrN2O9/c31-20-11-7-18(8-12-20)30(38)42-22-13-9-17(10-14-22)25(34)16-41-29(37)19-3-1-4-21(15-19)32-27(35)23-5-2-6-24(33(39)40)26(23)28(32)36/h1-15H,16H2. The smallest absolute Gasteiger partial charge is 0.343 e. The third-order valence-electron chi connectivity index (χ3n) is 6.23. The lowest BCUT2D eigenvalue weighted by Crippen LogP contribution is -2.29. The number of nitro groups is 1. The number of benzene rings is 4. The van der Waals surface area contributed by atoms with E-state index >= 15 is 0 Å². The Kier molecular flexibility index (Phi) is 7.71. The number of amides is 2. The van der Waals surface area contributed by atoms with Gasteiger partial charge >= 0.3 is 11.9 Å². The van der Waals surface area contributed by atoms with Gasteiger partial charge < -0.3 is 9.47 Å². The molecular formula is C30H17BrN2O9. The van der Waals surface area contributed by atoms with Gasteiger partial charge in [-0.3, -0.25) is 24.5 Å². The summed E-state index contributed by atoms with van der Waals surface area (Å²) in [6, 6.07) is 21.4. The Bertz CT molecular complexity index is 1780. The molecule has 0 aliphatic carbocycles. The molecule has 11 nitrogen and oxygen atoms in total. The van der Waals surface area contributed by atoms with E-state index in [-0.39, 0.29) is 33.7 Å². The molecule has 0 atom stereocenters. The van der Waals surface area contributed by atoms with E-state index in [1.165, 1.54) is 60.7 Å². The number of carbonyl (C=O) groups excluding carboxylic acids is 5. The third-order valence-corrected chi connectivity index (χ3v) is 6.76. The maximum absolute atomic E-state index is 13.0. The lowest BCUT2D eigenvalue weighted by molar-refractivity contribution is -0.385. The molecule has 1 aliphatic rings. The predicted molar refractivity (Wildman–Crippen MR) is 151 cm³/mol. The third kappa shape index (κ3) is 5.56. The molecule has 0 saturated heterocycles. The maximum atomic E-state index is 13.0. The van der Waals surface area contributed by atoms with Gasteiger partial charge in [-0.2, -0.15) is 0 Å². The van der Waals surface area contributed by atoms with Crippen molar-refractivity contribution in [2.75, 3.05) is 11.5 Å². The Balaban J connectivity index is 1.22. The van der Waals surface area contributed by atoms with Crippen LogP contribution in [0, 0.1) is 10.1 Å². The molecular weight excluding hydrogens is 612 g/mol. The van der Waals surface area contributed by atoms with E-state index < -0.39 is 46.8 Å². The van der Waals surface area contributed by atoms with Crippen LogP contribution in [0.5, 0.6) is 5.75 Å². The fourth-order valence-electron chi connectivity index (χ4n) is 4.18. The maximum Gasteiger partial charge on any atom is 0.343 e. The number of nitrogens with zero attached hydrogens (tertiary/aromatic N) is 2. The highest BCUT2D eigenvalue weighted by atomic mass is 79.9. The lowest BCUT2D eigenvalue weighted by Gasteiger charge is -2.14. The van der Waals surface area contributed by atoms with Crippen LogP contribution >= 0.6 is 15.9 Å². The zero-order valence-electron chi connectivity index (χ0n) is 21.3. The van der Waals surface area contributed by atoms with E-state index in [9.17, 15) is 34.1 Å². The van der Waals surface area contributed by atoms with Crippen LogP contribution in [0.3, 0.4) is 0 Å². The summed E-state index contributed by atoms with van der Waals surface area (Å²) in [4.78, 5) is 74.8. The molecule has 5 rings (SSSR count). The number of Topliss-reactive ketones (excluding diaryl/α,β-unsaturated/α-hetero) is 1. The quantitative estimate of drug-likeness (QED) is 0.0622. The summed E-state index contributed by atoms with van der Waals surface area (Å²) in [6.07, 6.45) is 0. The molecule has 4 aromatic rings. The Hall–Kier alpha value is -5.49. The second-order valence-corrected chi connectivity index (χ2v) is 9.79. The van der Waals surface area contributed by atoms with Gasteiger partial charge in [0.2, 0.25) is 0 Å². The second-order valence-electron chi connectivity index (χ2n) is 8.87. The Morgan fingerprint density at radius 1 is 0.786 bits per heavy atom. The number of rotatable bonds is 8. The van der Waals surface area contributed by atoms with Gasteiger partial charge in [-0.15, -0.1) is 0 Å². The highest BCUT2D eigenvalue weighted by Gasteiger charge is 2.42. The van der Waals surface area contributed by atoms with Gasteiger partial charge in [0.1, 0.15) is 11.3 Å². The molecule has 0 bridgehead atoms. The molecule has 42 heavy (non-hydrogen) atoms. The number of anilines is 1. The Morgan fingerprint density at radius 3 is 2.14 bits per heavy atom. The van der Waals surface area contributed by atoms with Crippen molar-refractivity contribution in [3.8, 4) is 5.75 Å². The van der Waals surface area contributed by atoms with E-state index in [4.69, 9.17) is 9.47 Å². The average molecular weight is 629 g/mol. The number of hydrogen-bond acceptors (Lipinski definition) is 9. The van der Waals surface area contributed by atoms with Crippen LogP contribution < -0.4 is 9.64 Å². The van der Waals surface area contributed by atoms with Gasteiger partial charge in [0.15, 0.2) is 12.4 Å². The molecule has 12 heteroatoms. The van der Waals surface area contributed by atoms with Crippen LogP contribution in [0.1, 0.15) is 51.8 Å². The zero-order valence-corrected chi connectivity index (χ0v) is 22.9. The number of hydrogen-bond donors (Lipinski definition) is 0. The molecule has 1 heterocycles. The van der Waals surface area contributed by atoms with E-state index in [1.54, 1.807) is 24.3 Å². The molecule has 0 aromatic heterocycles. The van der Waals surface area contributed by atoms with Crippen LogP contribution in [0.25, 0.3) is 0 Å². The van der Waals surface area contributed by atoms with Crippen LogP contribution in [-0.4, -0.2) is 41.1 Å². The summed E-state index contributed by atoms with van der Waals surface area (Å²) >= 11 is 3.29. The normalized spacial score (nSPS) is 12.1. The highest BCUT2D eigenvalue weighted by molar-refractivity contribution is 9.10. The van der Waals surface area contributed by atoms with Gasteiger partial charge in [0.25, 0.3) is 17.5 Å². The lowest BCUT2D eigenvalue weighted by atomic mass is 10.1. The van der Waals surface area contributed by atoms with Crippen LogP contribution in [-0.2, 0) is 4.74 Å². The molecule has 0 N–H and O–H groups in total. The highest BCUT2D eigenvalue weighted by Crippen LogP contribution is 2.34. The van der Waals surface area contributed by atoms with Crippen LogP contribution in [0.15, 0.2) is 95.5 Å². The largest absolute Gasteiger partial charge is 0.454 e. The number of fused-ring (bicyclic) bond motifs is 1. The van der Waals surface area contributed by atoms with Crippen molar-refractivity contribution in [1.82, 2.24) is 0 Å². The van der Waals surface area contributed by atoms with Crippen LogP contribution in [0.2, 0.25) is 0 Å². The Morgan fingerprint density at radius 2 is 1.45 bits per heavy atom. The summed E-state index contributed by atoms with van der Waals surface area (Å²) in [5, 5.41) is 11.4. The molecule has 0 fully saturated rings. The summed E-state index contributed by atoms with van der Waals surface area (Å²) in [7, 11) is 0. The van der Waals surface area contributed by atoms with E-state index in [1.807, 2.05) is 0 Å². The van der Waals surface area contributed by atoms with Crippen molar-refractivity contribution in [1.29, 1.82) is 0 Å². The number of ether oxygens (including phenoxy) is 2. The van der Waals surface area contributed by atoms with Crippen molar-refractivity contribution in [3.63, 3.8) is 0 Å². The fourth-order valence-corrected chi connectivity index (χ4v) is 4.45. The van der Waals surface area contributed by atoms with Gasteiger partial charge in [0, 0.05) is 16.1 Å². The number of halogens is 1. The first-order valence-corrected chi connectivity index (χ1v) is 13.0. The molecule has 0 radical (unpaired) electrons. The van der Waals surface area contributed by atoms with E-state index in [0.29, 0.717) is 5.56 Å². The molecule has 0 unspecified atom stereocenters. The fraction of sp³-hybridized carbons (Fsp3) is 0.0333. The number of esters is 2. The van der Waals surface area contributed by atoms with Gasteiger partial charge in [0.05, 0.1) is 27.3 Å². The monoisotopic (exact) mass is 628 g/mol. The summed E-state index contributed by atoms with van der Waals surface area (Å²) in [5.74, 6) is -3.45. The molecule has 2 amide bonds. The molecule has 208 valence electrons. The van der Waals surface area contributed by atoms with Gasteiger partial charge in [-0.25, -0.2) is 14.5 Å². The number of ketones is 1. The molecule has 4 aromatic carbocycles. The summed E-state index contributed by atoms with van der Waals surface area (Å²) in [5.41, 5.74) is -0.461. The molecule has 0 saturated carbocycles. The van der Waals surface area contributed by atoms with Gasteiger partial charge in [-0.1, -0.05) is 28.1 Å². The topological polar surface area (TPSA) is 150 Å². The number of nitro benzene ring substituents is 1. The second kappa shape index (κ2) is 11.6. The van der Waals surface area contributed by atoms with Gasteiger partial charge in [-0.05, 0) is 72.8 Å².